The predicted molar refractivity (Wildman–Crippen MR) is 78.5 cm³/mol. The fourth-order valence-corrected chi connectivity index (χ4v) is 2.22. The lowest BCUT2D eigenvalue weighted by atomic mass is 9.89. The molecule has 106 valence electrons. The molecule has 0 aliphatic carbocycles. The average molecular weight is 263 g/mol. The van der Waals surface area contributed by atoms with Crippen LogP contribution in [0.5, 0.6) is 0 Å². The Morgan fingerprint density at radius 3 is 2.32 bits per heavy atom. The Labute approximate surface area is 115 Å². The zero-order chi connectivity index (χ0) is 14.5. The number of carbonyl (C=O) groups is 1. The molecule has 0 aliphatic heterocycles. The molecule has 1 amide bonds. The van der Waals surface area contributed by atoms with E-state index in [1.807, 2.05) is 30.3 Å². The van der Waals surface area contributed by atoms with Crippen LogP contribution in [0, 0.1) is 5.92 Å². The number of carbonyl (C=O) groups excluding carboxylic acids is 1. The number of hydrogen-bond donors (Lipinski definition) is 2. The Morgan fingerprint density at radius 2 is 1.89 bits per heavy atom. The molecule has 0 aliphatic rings. The van der Waals surface area contributed by atoms with E-state index in [-0.39, 0.29) is 0 Å². The van der Waals surface area contributed by atoms with Crippen molar-refractivity contribution >= 4 is 5.91 Å². The predicted octanol–water partition coefficient (Wildman–Crippen LogP) is 1.30. The second-order valence-electron chi connectivity index (χ2n) is 5.42. The maximum absolute atomic E-state index is 11.8. The van der Waals surface area contributed by atoms with Crippen LogP contribution in [0.2, 0.25) is 0 Å². The van der Waals surface area contributed by atoms with Crippen LogP contribution in [0.15, 0.2) is 30.3 Å². The quantitative estimate of drug-likeness (QED) is 0.779. The van der Waals surface area contributed by atoms with Crippen LogP contribution in [0.4, 0.5) is 0 Å². The second-order valence-corrected chi connectivity index (χ2v) is 5.42. The fraction of sp³-hybridized carbons (Fsp3) is 0.533. The van der Waals surface area contributed by atoms with Gasteiger partial charge in [-0.15, -0.1) is 0 Å². The molecule has 0 bridgehead atoms. The molecule has 4 N–H and O–H groups in total. The van der Waals surface area contributed by atoms with E-state index in [0.717, 1.165) is 18.7 Å². The van der Waals surface area contributed by atoms with E-state index in [0.29, 0.717) is 12.5 Å². The van der Waals surface area contributed by atoms with Crippen LogP contribution >= 0.6 is 0 Å². The summed E-state index contributed by atoms with van der Waals surface area (Å²) in [4.78, 5) is 14.0. The first-order valence-corrected chi connectivity index (χ1v) is 6.76. The number of likely N-dealkylation sites (N-methyl/N-ethyl adjacent to an activating group) is 1. The summed E-state index contributed by atoms with van der Waals surface area (Å²) in [7, 11) is 0. The molecule has 19 heavy (non-hydrogen) atoms. The van der Waals surface area contributed by atoms with Gasteiger partial charge in [-0.05, 0) is 18.0 Å². The Morgan fingerprint density at radius 1 is 1.32 bits per heavy atom. The van der Waals surface area contributed by atoms with Gasteiger partial charge in [0, 0.05) is 13.1 Å². The average Bonchev–Trinajstić information content (AvgIpc) is 2.38. The molecule has 0 heterocycles. The summed E-state index contributed by atoms with van der Waals surface area (Å²) in [5.74, 6) is 0.0359. The van der Waals surface area contributed by atoms with E-state index in [9.17, 15) is 4.79 Å². The van der Waals surface area contributed by atoms with Gasteiger partial charge >= 0.3 is 0 Å². The molecule has 1 atom stereocenters. The Kier molecular flexibility index (Phi) is 5.51. The lowest BCUT2D eigenvalue weighted by Gasteiger charge is -2.33. The molecule has 1 aromatic carbocycles. The summed E-state index contributed by atoms with van der Waals surface area (Å²) >= 11 is 0. The number of benzene rings is 1. The molecule has 0 fully saturated rings. The van der Waals surface area contributed by atoms with E-state index in [1.165, 1.54) is 0 Å². The van der Waals surface area contributed by atoms with Gasteiger partial charge in [0.2, 0.25) is 5.91 Å². The van der Waals surface area contributed by atoms with E-state index < -0.39 is 11.4 Å². The zero-order valence-corrected chi connectivity index (χ0v) is 12.1. The molecule has 0 spiro atoms. The van der Waals surface area contributed by atoms with Gasteiger partial charge in [-0.1, -0.05) is 51.1 Å². The molecule has 4 heteroatoms. The summed E-state index contributed by atoms with van der Waals surface area (Å²) in [6.45, 7) is 8.55. The van der Waals surface area contributed by atoms with Gasteiger partial charge in [0.15, 0.2) is 0 Å². The normalized spacial score (nSPS) is 14.6. The Bertz CT molecular complexity index is 405. The fourth-order valence-electron chi connectivity index (χ4n) is 2.22. The van der Waals surface area contributed by atoms with Gasteiger partial charge < -0.3 is 16.4 Å². The largest absolute Gasteiger partial charge is 0.368 e. The smallest absolute Gasteiger partial charge is 0.243 e. The van der Waals surface area contributed by atoms with Crippen LogP contribution in [-0.2, 0) is 10.3 Å². The maximum Gasteiger partial charge on any atom is 0.243 e. The number of hydrogen-bond acceptors (Lipinski definition) is 3. The van der Waals surface area contributed by atoms with Gasteiger partial charge in [-0.2, -0.15) is 0 Å². The van der Waals surface area contributed by atoms with Crippen molar-refractivity contribution in [2.45, 2.75) is 26.3 Å². The summed E-state index contributed by atoms with van der Waals surface area (Å²) < 4.78 is 0. The van der Waals surface area contributed by atoms with Gasteiger partial charge in [-0.3, -0.25) is 4.79 Å². The highest BCUT2D eigenvalue weighted by Gasteiger charge is 2.35. The van der Waals surface area contributed by atoms with Gasteiger partial charge in [-0.25, -0.2) is 0 Å². The Balaban J connectivity index is 2.97. The van der Waals surface area contributed by atoms with Crippen LogP contribution in [0.25, 0.3) is 0 Å². The van der Waals surface area contributed by atoms with Crippen LogP contribution in [0.1, 0.15) is 26.3 Å². The standard InChI is InChI=1S/C15H25N3O/c1-4-18(10-12(2)3)11-15(17,14(16)19)13-8-6-5-7-9-13/h5-9,12H,4,10-11,17H2,1-3H3,(H2,16,19). The van der Waals surface area contributed by atoms with Crippen molar-refractivity contribution in [2.24, 2.45) is 17.4 Å². The van der Waals surface area contributed by atoms with Crippen molar-refractivity contribution in [3.05, 3.63) is 35.9 Å². The number of primary amides is 1. The van der Waals surface area contributed by atoms with E-state index in [4.69, 9.17) is 11.5 Å². The zero-order valence-electron chi connectivity index (χ0n) is 12.1. The highest BCUT2D eigenvalue weighted by atomic mass is 16.1. The number of rotatable bonds is 7. The first kappa shape index (κ1) is 15.7. The van der Waals surface area contributed by atoms with Crippen molar-refractivity contribution < 1.29 is 4.79 Å². The van der Waals surface area contributed by atoms with Crippen molar-refractivity contribution in [1.82, 2.24) is 4.90 Å². The van der Waals surface area contributed by atoms with Gasteiger partial charge in [0.1, 0.15) is 5.54 Å². The second kappa shape index (κ2) is 6.68. The number of nitrogens with zero attached hydrogens (tertiary/aromatic N) is 1. The Hall–Kier alpha value is -1.39. The molecule has 0 aromatic heterocycles. The summed E-state index contributed by atoms with van der Waals surface area (Å²) in [6.07, 6.45) is 0. The van der Waals surface area contributed by atoms with Gasteiger partial charge in [0.05, 0.1) is 0 Å². The molecule has 0 saturated carbocycles. The van der Waals surface area contributed by atoms with Crippen molar-refractivity contribution in [3.63, 3.8) is 0 Å². The molecule has 0 saturated heterocycles. The van der Waals surface area contributed by atoms with E-state index in [2.05, 4.69) is 25.7 Å². The summed E-state index contributed by atoms with van der Waals surface area (Å²) in [6, 6.07) is 9.36. The lowest BCUT2D eigenvalue weighted by molar-refractivity contribution is -0.124. The van der Waals surface area contributed by atoms with Crippen molar-refractivity contribution in [1.29, 1.82) is 0 Å². The van der Waals surface area contributed by atoms with Gasteiger partial charge in [0.25, 0.3) is 0 Å². The van der Waals surface area contributed by atoms with Crippen LogP contribution in [-0.4, -0.2) is 30.4 Å². The highest BCUT2D eigenvalue weighted by molar-refractivity contribution is 5.86. The molecular weight excluding hydrogens is 238 g/mol. The third-order valence-electron chi connectivity index (χ3n) is 3.27. The third-order valence-corrected chi connectivity index (χ3v) is 3.27. The molecule has 4 nitrogen and oxygen atoms in total. The molecule has 1 aromatic rings. The first-order chi connectivity index (χ1) is 8.90. The minimum atomic E-state index is -1.13. The monoisotopic (exact) mass is 263 g/mol. The summed E-state index contributed by atoms with van der Waals surface area (Å²) in [5, 5.41) is 0. The first-order valence-electron chi connectivity index (χ1n) is 6.76. The molecule has 1 unspecified atom stereocenters. The summed E-state index contributed by atoms with van der Waals surface area (Å²) in [5.41, 5.74) is 11.5. The van der Waals surface area contributed by atoms with Crippen molar-refractivity contribution in [3.8, 4) is 0 Å². The SMILES string of the molecule is CCN(CC(C)C)CC(N)(C(N)=O)c1ccccc1. The maximum atomic E-state index is 11.8. The topological polar surface area (TPSA) is 72.3 Å². The van der Waals surface area contributed by atoms with E-state index >= 15 is 0 Å². The lowest BCUT2D eigenvalue weighted by Crippen LogP contribution is -2.56. The minimum absolute atomic E-state index is 0.445. The van der Waals surface area contributed by atoms with Crippen LogP contribution in [0.3, 0.4) is 0 Å². The van der Waals surface area contributed by atoms with Crippen molar-refractivity contribution in [2.75, 3.05) is 19.6 Å². The highest BCUT2D eigenvalue weighted by Crippen LogP contribution is 2.20. The van der Waals surface area contributed by atoms with E-state index in [1.54, 1.807) is 0 Å². The number of nitrogens with two attached hydrogens (primary N) is 2. The number of amides is 1. The third kappa shape index (κ3) is 4.04. The molecular formula is C15H25N3O. The molecule has 0 radical (unpaired) electrons. The van der Waals surface area contributed by atoms with Crippen LogP contribution < -0.4 is 11.5 Å². The molecule has 1 rings (SSSR count). The minimum Gasteiger partial charge on any atom is -0.368 e.